The molecule has 1 saturated heterocycles. The lowest BCUT2D eigenvalue weighted by Crippen LogP contribution is -2.41. The number of hydrogen-bond acceptors (Lipinski definition) is 5. The van der Waals surface area contributed by atoms with Crippen LogP contribution in [-0.2, 0) is 4.74 Å². The zero-order valence-electron chi connectivity index (χ0n) is 13.5. The number of hydrogen-bond donors (Lipinski definition) is 0. The van der Waals surface area contributed by atoms with Gasteiger partial charge >= 0.3 is 0 Å². The molecule has 3 rings (SSSR count). The number of benzene rings is 1. The van der Waals surface area contributed by atoms with Crippen LogP contribution in [0.25, 0.3) is 0 Å². The largest absolute Gasteiger partial charge is 0.491 e. The highest BCUT2D eigenvalue weighted by atomic mass is 16.5. The Morgan fingerprint density at radius 3 is 2.62 bits per heavy atom. The van der Waals surface area contributed by atoms with Crippen molar-refractivity contribution in [1.29, 1.82) is 0 Å². The molecule has 6 nitrogen and oxygen atoms in total. The van der Waals surface area contributed by atoms with Crippen molar-refractivity contribution in [3.63, 3.8) is 0 Å². The fourth-order valence-corrected chi connectivity index (χ4v) is 2.69. The van der Waals surface area contributed by atoms with Crippen LogP contribution in [0.15, 0.2) is 48.9 Å². The van der Waals surface area contributed by atoms with Crippen LogP contribution in [0.1, 0.15) is 23.3 Å². The molecule has 0 saturated carbocycles. The second kappa shape index (κ2) is 8.40. The maximum absolute atomic E-state index is 12.3. The Hall–Kier alpha value is -2.47. The normalized spacial score (nSPS) is 15.2. The number of piperidine rings is 1. The molecule has 0 spiro atoms. The Kier molecular flexibility index (Phi) is 5.74. The van der Waals surface area contributed by atoms with Crippen LogP contribution in [-0.4, -0.2) is 53.2 Å². The number of carbonyl (C=O) groups is 1. The number of aromatic nitrogens is 2. The molecule has 0 unspecified atom stereocenters. The minimum absolute atomic E-state index is 0.0611. The van der Waals surface area contributed by atoms with Gasteiger partial charge in [-0.25, -0.2) is 4.98 Å². The van der Waals surface area contributed by atoms with Gasteiger partial charge in [0.2, 0.25) is 0 Å². The van der Waals surface area contributed by atoms with E-state index in [0.717, 1.165) is 18.6 Å². The van der Waals surface area contributed by atoms with Crippen molar-refractivity contribution in [1.82, 2.24) is 14.9 Å². The fraction of sp³-hybridized carbons (Fsp3) is 0.389. The van der Waals surface area contributed by atoms with Crippen LogP contribution >= 0.6 is 0 Å². The lowest BCUT2D eigenvalue weighted by Gasteiger charge is -2.31. The zero-order chi connectivity index (χ0) is 16.6. The van der Waals surface area contributed by atoms with Crippen LogP contribution in [0, 0.1) is 0 Å². The van der Waals surface area contributed by atoms with E-state index in [-0.39, 0.29) is 12.0 Å². The summed E-state index contributed by atoms with van der Waals surface area (Å²) in [5.41, 5.74) is 0.396. The fourth-order valence-electron chi connectivity index (χ4n) is 2.69. The molecule has 0 radical (unpaired) electrons. The molecule has 0 aliphatic carbocycles. The Labute approximate surface area is 141 Å². The molecule has 1 aliphatic heterocycles. The quantitative estimate of drug-likeness (QED) is 0.761. The molecule has 0 N–H and O–H groups in total. The average molecular weight is 327 g/mol. The lowest BCUT2D eigenvalue weighted by atomic mass is 10.1. The molecule has 2 heterocycles. The zero-order valence-corrected chi connectivity index (χ0v) is 13.5. The van der Waals surface area contributed by atoms with Crippen LogP contribution in [0.4, 0.5) is 0 Å². The van der Waals surface area contributed by atoms with Crippen LogP contribution in [0.2, 0.25) is 0 Å². The molecule has 126 valence electrons. The second-order valence-corrected chi connectivity index (χ2v) is 5.61. The van der Waals surface area contributed by atoms with Gasteiger partial charge in [-0.2, -0.15) is 0 Å². The first-order valence-electron chi connectivity index (χ1n) is 8.17. The predicted molar refractivity (Wildman–Crippen MR) is 88.8 cm³/mol. The van der Waals surface area contributed by atoms with Crippen LogP contribution in [0.5, 0.6) is 5.75 Å². The van der Waals surface area contributed by atoms with Gasteiger partial charge in [-0.15, -0.1) is 0 Å². The van der Waals surface area contributed by atoms with Gasteiger partial charge in [0.1, 0.15) is 18.1 Å². The molecule has 1 aliphatic rings. The highest BCUT2D eigenvalue weighted by Gasteiger charge is 2.24. The van der Waals surface area contributed by atoms with E-state index in [4.69, 9.17) is 9.47 Å². The van der Waals surface area contributed by atoms with E-state index in [2.05, 4.69) is 9.97 Å². The maximum atomic E-state index is 12.3. The molecule has 0 atom stereocenters. The molecule has 6 heteroatoms. The van der Waals surface area contributed by atoms with E-state index in [0.29, 0.717) is 32.0 Å². The van der Waals surface area contributed by atoms with Crippen molar-refractivity contribution in [3.05, 3.63) is 54.6 Å². The van der Waals surface area contributed by atoms with E-state index < -0.39 is 0 Å². The van der Waals surface area contributed by atoms with E-state index in [9.17, 15) is 4.79 Å². The molecular weight excluding hydrogens is 306 g/mol. The Balaban J connectivity index is 1.36. The van der Waals surface area contributed by atoms with E-state index >= 15 is 0 Å². The first-order chi connectivity index (χ1) is 11.8. The Bertz CT molecular complexity index is 628. The first kappa shape index (κ1) is 16.4. The van der Waals surface area contributed by atoms with E-state index in [1.165, 1.54) is 12.4 Å². The van der Waals surface area contributed by atoms with Crippen molar-refractivity contribution in [2.24, 2.45) is 0 Å². The standard InChI is InChI=1S/C18H21N3O3/c22-18(17-14-19-8-9-20-17)21-10-6-16(7-11-21)24-13-12-23-15-4-2-1-3-5-15/h1-5,8-9,14,16H,6-7,10-13H2. The summed E-state index contributed by atoms with van der Waals surface area (Å²) in [5.74, 6) is 0.791. The Morgan fingerprint density at radius 2 is 1.92 bits per heavy atom. The summed E-state index contributed by atoms with van der Waals surface area (Å²) >= 11 is 0. The SMILES string of the molecule is O=C(c1cnccn1)N1CCC(OCCOc2ccccc2)CC1. The van der Waals surface area contributed by atoms with Gasteiger partial charge in [-0.3, -0.25) is 9.78 Å². The summed E-state index contributed by atoms with van der Waals surface area (Å²) in [6.45, 7) is 2.44. The number of para-hydroxylation sites is 1. The monoisotopic (exact) mass is 327 g/mol. The van der Waals surface area contributed by atoms with Gasteiger partial charge in [-0.05, 0) is 25.0 Å². The molecule has 1 aromatic carbocycles. The van der Waals surface area contributed by atoms with Gasteiger partial charge in [0, 0.05) is 25.5 Å². The molecule has 1 amide bonds. The topological polar surface area (TPSA) is 64.6 Å². The summed E-state index contributed by atoms with van der Waals surface area (Å²) in [4.78, 5) is 22.1. The third kappa shape index (κ3) is 4.52. The van der Waals surface area contributed by atoms with E-state index in [1.54, 1.807) is 6.20 Å². The molecule has 24 heavy (non-hydrogen) atoms. The van der Waals surface area contributed by atoms with E-state index in [1.807, 2.05) is 35.2 Å². The highest BCUT2D eigenvalue weighted by molar-refractivity contribution is 5.92. The number of rotatable bonds is 6. The summed E-state index contributed by atoms with van der Waals surface area (Å²) in [7, 11) is 0. The summed E-state index contributed by atoms with van der Waals surface area (Å²) in [6.07, 6.45) is 6.44. The molecule has 1 fully saturated rings. The summed E-state index contributed by atoms with van der Waals surface area (Å²) < 4.78 is 11.5. The lowest BCUT2D eigenvalue weighted by molar-refractivity contribution is -0.00250. The molecule has 2 aromatic rings. The predicted octanol–water partition coefficient (Wildman–Crippen LogP) is 2.18. The molecule has 1 aromatic heterocycles. The van der Waals surface area contributed by atoms with Crippen LogP contribution < -0.4 is 4.74 Å². The number of likely N-dealkylation sites (tertiary alicyclic amines) is 1. The molecule has 0 bridgehead atoms. The summed E-state index contributed by atoms with van der Waals surface area (Å²) in [6, 6.07) is 9.70. The van der Waals surface area contributed by atoms with Crippen molar-refractivity contribution in [2.45, 2.75) is 18.9 Å². The van der Waals surface area contributed by atoms with Crippen molar-refractivity contribution < 1.29 is 14.3 Å². The number of nitrogens with zero attached hydrogens (tertiary/aromatic N) is 3. The average Bonchev–Trinajstić information content (AvgIpc) is 2.67. The van der Waals surface area contributed by atoms with Crippen molar-refractivity contribution in [2.75, 3.05) is 26.3 Å². The van der Waals surface area contributed by atoms with Gasteiger partial charge in [0.25, 0.3) is 5.91 Å². The third-order valence-corrected chi connectivity index (χ3v) is 3.96. The maximum Gasteiger partial charge on any atom is 0.274 e. The third-order valence-electron chi connectivity index (χ3n) is 3.96. The second-order valence-electron chi connectivity index (χ2n) is 5.61. The summed E-state index contributed by atoms with van der Waals surface area (Å²) in [5, 5.41) is 0. The first-order valence-corrected chi connectivity index (χ1v) is 8.17. The minimum Gasteiger partial charge on any atom is -0.491 e. The van der Waals surface area contributed by atoms with Gasteiger partial charge in [0.05, 0.1) is 18.9 Å². The number of ether oxygens (including phenoxy) is 2. The minimum atomic E-state index is -0.0611. The van der Waals surface area contributed by atoms with Gasteiger partial charge < -0.3 is 14.4 Å². The smallest absolute Gasteiger partial charge is 0.274 e. The highest BCUT2D eigenvalue weighted by Crippen LogP contribution is 2.16. The van der Waals surface area contributed by atoms with Gasteiger partial charge in [0.15, 0.2) is 0 Å². The van der Waals surface area contributed by atoms with Crippen molar-refractivity contribution in [3.8, 4) is 5.75 Å². The number of carbonyl (C=O) groups excluding carboxylic acids is 1. The van der Waals surface area contributed by atoms with Gasteiger partial charge in [-0.1, -0.05) is 18.2 Å². The Morgan fingerprint density at radius 1 is 1.12 bits per heavy atom. The molecular formula is C18H21N3O3. The van der Waals surface area contributed by atoms with Crippen molar-refractivity contribution >= 4 is 5.91 Å². The number of amides is 1. The van der Waals surface area contributed by atoms with Crippen LogP contribution in [0.3, 0.4) is 0 Å².